The Balaban J connectivity index is 4.24. The monoisotopic (exact) mass is 298 g/mol. The molecule has 0 spiro atoms. The van der Waals surface area contributed by atoms with Crippen molar-refractivity contribution in [1.29, 1.82) is 0 Å². The van der Waals surface area contributed by atoms with Crippen LogP contribution in [-0.4, -0.2) is 36.3 Å². The van der Waals surface area contributed by atoms with Crippen LogP contribution in [0.2, 0.25) is 0 Å². The average Bonchev–Trinajstić information content (AvgIpc) is 2.41. The van der Waals surface area contributed by atoms with Crippen LogP contribution in [-0.2, 0) is 9.59 Å². The number of carbonyl (C=O) groups is 2. The third-order valence-electron chi connectivity index (χ3n) is 3.44. The number of rotatable bonds is 11. The van der Waals surface area contributed by atoms with Crippen LogP contribution in [0.5, 0.6) is 0 Å². The molecule has 0 saturated heterocycles. The van der Waals surface area contributed by atoms with Crippen LogP contribution in [0.3, 0.4) is 0 Å². The summed E-state index contributed by atoms with van der Waals surface area (Å²) >= 11 is 0. The van der Waals surface area contributed by atoms with Gasteiger partial charge in [0, 0.05) is 32.5 Å². The quantitative estimate of drug-likeness (QED) is 0.637. The molecule has 2 amide bonds. The molecule has 0 atom stereocenters. The van der Waals surface area contributed by atoms with Crippen molar-refractivity contribution in [2.24, 2.45) is 11.8 Å². The molecule has 0 aliphatic heterocycles. The van der Waals surface area contributed by atoms with Gasteiger partial charge in [0.05, 0.1) is 0 Å². The predicted molar refractivity (Wildman–Crippen MR) is 88.0 cm³/mol. The van der Waals surface area contributed by atoms with Gasteiger partial charge in [-0.1, -0.05) is 34.6 Å². The minimum atomic E-state index is -0.0159. The van der Waals surface area contributed by atoms with Crippen molar-refractivity contribution in [2.75, 3.05) is 19.6 Å². The van der Waals surface area contributed by atoms with Crippen molar-refractivity contribution in [3.05, 3.63) is 0 Å². The zero-order chi connectivity index (χ0) is 16.3. The number of amides is 2. The van der Waals surface area contributed by atoms with Gasteiger partial charge in [-0.25, -0.2) is 0 Å². The molecule has 0 aromatic heterocycles. The van der Waals surface area contributed by atoms with Gasteiger partial charge in [-0.3, -0.25) is 9.59 Å². The van der Waals surface area contributed by atoms with Gasteiger partial charge in [0.25, 0.3) is 0 Å². The van der Waals surface area contributed by atoms with Gasteiger partial charge >= 0.3 is 0 Å². The van der Waals surface area contributed by atoms with E-state index in [2.05, 4.69) is 33.0 Å². The van der Waals surface area contributed by atoms with Crippen LogP contribution < -0.4 is 5.32 Å². The minimum Gasteiger partial charge on any atom is -0.356 e. The Morgan fingerprint density at radius 1 is 0.952 bits per heavy atom. The normalized spacial score (nSPS) is 11.0. The van der Waals surface area contributed by atoms with Crippen LogP contribution in [0.15, 0.2) is 0 Å². The second kappa shape index (κ2) is 11.6. The summed E-state index contributed by atoms with van der Waals surface area (Å²) in [4.78, 5) is 25.8. The molecule has 0 rings (SSSR count). The number of hydrogen-bond acceptors (Lipinski definition) is 2. The predicted octanol–water partition coefficient (Wildman–Crippen LogP) is 3.21. The molecule has 0 aliphatic rings. The van der Waals surface area contributed by atoms with E-state index in [0.29, 0.717) is 31.2 Å². The maximum Gasteiger partial charge on any atom is 0.223 e. The lowest BCUT2D eigenvalue weighted by Crippen LogP contribution is -2.35. The van der Waals surface area contributed by atoms with E-state index in [1.807, 2.05) is 11.8 Å². The first-order valence-electron chi connectivity index (χ1n) is 8.41. The summed E-state index contributed by atoms with van der Waals surface area (Å²) in [6.45, 7) is 13.0. The highest BCUT2D eigenvalue weighted by Crippen LogP contribution is 2.09. The molecule has 0 aromatic rings. The first kappa shape index (κ1) is 19.9. The maximum atomic E-state index is 12.3. The lowest BCUT2D eigenvalue weighted by Gasteiger charge is -2.24. The molecule has 1 N–H and O–H groups in total. The van der Waals surface area contributed by atoms with Crippen LogP contribution in [0.4, 0.5) is 0 Å². The van der Waals surface area contributed by atoms with Crippen molar-refractivity contribution >= 4 is 11.8 Å². The third kappa shape index (κ3) is 11.3. The molecule has 0 aromatic carbocycles. The van der Waals surface area contributed by atoms with Gasteiger partial charge in [-0.2, -0.15) is 0 Å². The molecular weight excluding hydrogens is 264 g/mol. The maximum absolute atomic E-state index is 12.3. The molecule has 0 radical (unpaired) electrons. The fraction of sp³-hybridized carbons (Fsp3) is 0.882. The standard InChI is InChI=1S/C17H34N2O2/c1-6-11-18-16(20)7-8-17(21)19(12-9-14(2)3)13-10-15(4)5/h14-15H,6-13H2,1-5H3,(H,18,20). The van der Waals surface area contributed by atoms with Gasteiger partial charge < -0.3 is 10.2 Å². The lowest BCUT2D eigenvalue weighted by molar-refractivity contribution is -0.133. The van der Waals surface area contributed by atoms with E-state index in [0.717, 1.165) is 32.4 Å². The smallest absolute Gasteiger partial charge is 0.223 e. The van der Waals surface area contributed by atoms with E-state index >= 15 is 0 Å². The summed E-state index contributed by atoms with van der Waals surface area (Å²) in [6, 6.07) is 0. The van der Waals surface area contributed by atoms with Crippen LogP contribution in [0.25, 0.3) is 0 Å². The average molecular weight is 298 g/mol. The largest absolute Gasteiger partial charge is 0.356 e. The van der Waals surface area contributed by atoms with Gasteiger partial charge in [0.2, 0.25) is 11.8 Å². The Morgan fingerprint density at radius 3 is 1.90 bits per heavy atom. The summed E-state index contributed by atoms with van der Waals surface area (Å²) < 4.78 is 0. The summed E-state index contributed by atoms with van der Waals surface area (Å²) in [6.07, 6.45) is 3.59. The van der Waals surface area contributed by atoms with Gasteiger partial charge in [-0.15, -0.1) is 0 Å². The Bertz CT molecular complexity index is 289. The Labute approximate surface area is 130 Å². The first-order valence-corrected chi connectivity index (χ1v) is 8.41. The van der Waals surface area contributed by atoms with Crippen molar-refractivity contribution in [3.63, 3.8) is 0 Å². The number of nitrogens with zero attached hydrogens (tertiary/aromatic N) is 1. The Hall–Kier alpha value is -1.06. The minimum absolute atomic E-state index is 0.0159. The fourth-order valence-electron chi connectivity index (χ4n) is 1.92. The highest BCUT2D eigenvalue weighted by molar-refractivity contribution is 5.83. The second-order valence-corrected chi connectivity index (χ2v) is 6.60. The number of carbonyl (C=O) groups excluding carboxylic acids is 2. The molecular formula is C17H34N2O2. The summed E-state index contributed by atoms with van der Waals surface area (Å²) in [5.41, 5.74) is 0. The zero-order valence-electron chi connectivity index (χ0n) is 14.6. The van der Waals surface area contributed by atoms with Crippen LogP contribution in [0, 0.1) is 11.8 Å². The molecule has 4 heteroatoms. The SMILES string of the molecule is CCCNC(=O)CCC(=O)N(CCC(C)C)CCC(C)C. The molecule has 0 saturated carbocycles. The van der Waals surface area contributed by atoms with Crippen molar-refractivity contribution < 1.29 is 9.59 Å². The second-order valence-electron chi connectivity index (χ2n) is 6.60. The summed E-state index contributed by atoms with van der Waals surface area (Å²) in [5, 5.41) is 2.82. The zero-order valence-corrected chi connectivity index (χ0v) is 14.6. The van der Waals surface area contributed by atoms with E-state index in [9.17, 15) is 9.59 Å². The fourth-order valence-corrected chi connectivity index (χ4v) is 1.92. The van der Waals surface area contributed by atoms with E-state index in [1.54, 1.807) is 0 Å². The number of nitrogens with one attached hydrogen (secondary N) is 1. The van der Waals surface area contributed by atoms with Crippen LogP contribution >= 0.6 is 0 Å². The highest BCUT2D eigenvalue weighted by Gasteiger charge is 2.15. The lowest BCUT2D eigenvalue weighted by atomic mass is 10.1. The Kier molecular flexibility index (Phi) is 11.0. The highest BCUT2D eigenvalue weighted by atomic mass is 16.2. The third-order valence-corrected chi connectivity index (χ3v) is 3.44. The molecule has 0 unspecified atom stereocenters. The summed E-state index contributed by atoms with van der Waals surface area (Å²) in [7, 11) is 0. The molecule has 4 nitrogen and oxygen atoms in total. The summed E-state index contributed by atoms with van der Waals surface area (Å²) in [5.74, 6) is 1.28. The van der Waals surface area contributed by atoms with Crippen molar-refractivity contribution in [2.45, 2.75) is 66.7 Å². The molecule has 21 heavy (non-hydrogen) atoms. The van der Waals surface area contributed by atoms with Gasteiger partial charge in [0.1, 0.15) is 0 Å². The van der Waals surface area contributed by atoms with Gasteiger partial charge in [-0.05, 0) is 31.1 Å². The molecule has 0 heterocycles. The topological polar surface area (TPSA) is 49.4 Å². The van der Waals surface area contributed by atoms with E-state index in [4.69, 9.17) is 0 Å². The first-order chi connectivity index (χ1) is 9.86. The van der Waals surface area contributed by atoms with Crippen molar-refractivity contribution in [1.82, 2.24) is 10.2 Å². The Morgan fingerprint density at radius 2 is 1.48 bits per heavy atom. The van der Waals surface area contributed by atoms with E-state index in [-0.39, 0.29) is 11.8 Å². The van der Waals surface area contributed by atoms with Crippen LogP contribution in [0.1, 0.15) is 66.7 Å². The molecule has 124 valence electrons. The van der Waals surface area contributed by atoms with E-state index < -0.39 is 0 Å². The molecule has 0 aliphatic carbocycles. The molecule has 0 fully saturated rings. The van der Waals surface area contributed by atoms with Gasteiger partial charge in [0.15, 0.2) is 0 Å². The molecule has 0 bridgehead atoms. The van der Waals surface area contributed by atoms with Crippen molar-refractivity contribution in [3.8, 4) is 0 Å². The van der Waals surface area contributed by atoms with E-state index in [1.165, 1.54) is 0 Å². The number of hydrogen-bond donors (Lipinski definition) is 1.